The van der Waals surface area contributed by atoms with Gasteiger partial charge in [-0.3, -0.25) is 9.79 Å². The molecule has 144 valence electrons. The zero-order chi connectivity index (χ0) is 19.9. The van der Waals surface area contributed by atoms with E-state index in [2.05, 4.69) is 27.5 Å². The highest BCUT2D eigenvalue weighted by Crippen LogP contribution is 2.41. The van der Waals surface area contributed by atoms with Gasteiger partial charge in [0.2, 0.25) is 5.91 Å². The Hall–Kier alpha value is -2.22. The molecule has 3 rings (SSSR count). The standard InChI is InChI=1S/C19H21BrFN3O3/c1-11(2)27-18(26)24-9-19(10-24)7-13-5-14(20)15(21)6-16(13)22-8-12(3)23(4)17(19)25/h5-6,8,11H,3,7,9-10H2,1-2,4H3/b22-8-. The van der Waals surface area contributed by atoms with Crippen LogP contribution in [0.5, 0.6) is 0 Å². The summed E-state index contributed by atoms with van der Waals surface area (Å²) in [5, 5.41) is 0. The molecular formula is C19H21BrFN3O3. The van der Waals surface area contributed by atoms with E-state index >= 15 is 0 Å². The lowest BCUT2D eigenvalue weighted by Crippen LogP contribution is -2.65. The average molecular weight is 438 g/mol. The van der Waals surface area contributed by atoms with E-state index in [4.69, 9.17) is 4.74 Å². The molecule has 2 amide bonds. The van der Waals surface area contributed by atoms with Crippen LogP contribution in [0.1, 0.15) is 19.4 Å². The number of ether oxygens (including phenoxy) is 1. The molecule has 27 heavy (non-hydrogen) atoms. The third-order valence-corrected chi connectivity index (χ3v) is 5.38. The van der Waals surface area contributed by atoms with Gasteiger partial charge in [-0.05, 0) is 47.8 Å². The zero-order valence-electron chi connectivity index (χ0n) is 15.5. The van der Waals surface area contributed by atoms with E-state index < -0.39 is 17.3 Å². The van der Waals surface area contributed by atoms with Crippen molar-refractivity contribution in [3.8, 4) is 0 Å². The predicted molar refractivity (Wildman–Crippen MR) is 103 cm³/mol. The van der Waals surface area contributed by atoms with Gasteiger partial charge in [0.05, 0.1) is 33.6 Å². The van der Waals surface area contributed by atoms with Crippen LogP contribution in [0.25, 0.3) is 0 Å². The second kappa shape index (κ2) is 7.07. The molecule has 2 aliphatic heterocycles. The average Bonchev–Trinajstić information content (AvgIpc) is 2.59. The number of carbonyl (C=O) groups excluding carboxylic acids is 2. The van der Waals surface area contributed by atoms with Crippen molar-refractivity contribution in [2.24, 2.45) is 10.4 Å². The molecule has 0 aliphatic carbocycles. The number of halogens is 2. The van der Waals surface area contributed by atoms with E-state index in [1.807, 2.05) is 0 Å². The van der Waals surface area contributed by atoms with Gasteiger partial charge in [-0.15, -0.1) is 0 Å². The minimum atomic E-state index is -0.826. The van der Waals surface area contributed by atoms with Gasteiger partial charge in [-0.2, -0.15) is 0 Å². The molecular weight excluding hydrogens is 417 g/mol. The fourth-order valence-corrected chi connectivity index (χ4v) is 3.72. The van der Waals surface area contributed by atoms with Crippen LogP contribution in [0.3, 0.4) is 0 Å². The fraction of sp³-hybridized carbons (Fsp3) is 0.421. The predicted octanol–water partition coefficient (Wildman–Crippen LogP) is 3.67. The van der Waals surface area contributed by atoms with Crippen LogP contribution in [0.4, 0.5) is 14.9 Å². The van der Waals surface area contributed by atoms with Gasteiger partial charge in [-0.1, -0.05) is 6.58 Å². The van der Waals surface area contributed by atoms with E-state index in [1.165, 1.54) is 22.1 Å². The highest BCUT2D eigenvalue weighted by atomic mass is 79.9. The van der Waals surface area contributed by atoms with Gasteiger partial charge in [0, 0.05) is 26.2 Å². The number of allylic oxidation sites excluding steroid dienone is 1. The fourth-order valence-electron chi connectivity index (χ4n) is 3.33. The van der Waals surface area contributed by atoms with E-state index in [0.717, 1.165) is 5.56 Å². The Morgan fingerprint density at radius 1 is 1.41 bits per heavy atom. The molecule has 1 spiro atoms. The Kier molecular flexibility index (Phi) is 5.12. The maximum absolute atomic E-state index is 14.0. The second-order valence-electron chi connectivity index (χ2n) is 7.25. The van der Waals surface area contributed by atoms with Crippen molar-refractivity contribution in [2.45, 2.75) is 26.4 Å². The molecule has 0 N–H and O–H groups in total. The molecule has 2 aliphatic rings. The Morgan fingerprint density at radius 2 is 2.07 bits per heavy atom. The quantitative estimate of drug-likeness (QED) is 0.673. The lowest BCUT2D eigenvalue weighted by molar-refractivity contribution is -0.148. The molecule has 0 saturated carbocycles. The molecule has 8 heteroatoms. The van der Waals surface area contributed by atoms with Gasteiger partial charge < -0.3 is 14.5 Å². The van der Waals surface area contributed by atoms with Crippen molar-refractivity contribution in [1.29, 1.82) is 0 Å². The number of fused-ring (bicyclic) bond motifs is 1. The SMILES string of the molecule is C=C1/C=N\c2cc(F)c(Br)cc2CC2(CN(C(=O)OC(C)C)C2)C(=O)N1C. The number of aliphatic imine (C=N–C) groups is 1. The molecule has 0 radical (unpaired) electrons. The number of carbonyl (C=O) groups is 2. The summed E-state index contributed by atoms with van der Waals surface area (Å²) in [5.74, 6) is -0.582. The minimum absolute atomic E-state index is 0.152. The first kappa shape index (κ1) is 19.5. The summed E-state index contributed by atoms with van der Waals surface area (Å²) in [4.78, 5) is 32.6. The Bertz CT molecular complexity index is 847. The van der Waals surface area contributed by atoms with Gasteiger partial charge >= 0.3 is 6.09 Å². The van der Waals surface area contributed by atoms with Crippen LogP contribution in [-0.4, -0.2) is 54.3 Å². The number of hydrogen-bond donors (Lipinski definition) is 0. The van der Waals surface area contributed by atoms with Gasteiger partial charge in [0.1, 0.15) is 5.82 Å². The summed E-state index contributed by atoms with van der Waals surface area (Å²) in [7, 11) is 1.63. The summed E-state index contributed by atoms with van der Waals surface area (Å²) in [6, 6.07) is 2.97. The van der Waals surface area contributed by atoms with Crippen LogP contribution in [0, 0.1) is 11.2 Å². The summed E-state index contributed by atoms with van der Waals surface area (Å²) in [6.07, 6.45) is 1.11. The molecule has 0 atom stereocenters. The second-order valence-corrected chi connectivity index (χ2v) is 8.11. The maximum atomic E-state index is 14.0. The Morgan fingerprint density at radius 3 is 2.70 bits per heavy atom. The van der Waals surface area contributed by atoms with E-state index in [9.17, 15) is 14.0 Å². The first-order valence-corrected chi connectivity index (χ1v) is 9.37. The number of nitrogens with zero attached hydrogens (tertiary/aromatic N) is 3. The molecule has 1 aromatic carbocycles. The molecule has 1 saturated heterocycles. The van der Waals surface area contributed by atoms with Gasteiger partial charge in [0.25, 0.3) is 0 Å². The van der Waals surface area contributed by atoms with Crippen LogP contribution in [0.15, 0.2) is 33.9 Å². The van der Waals surface area contributed by atoms with Crippen molar-refractivity contribution in [1.82, 2.24) is 9.80 Å². The van der Waals surface area contributed by atoms with Crippen LogP contribution in [0.2, 0.25) is 0 Å². The summed E-state index contributed by atoms with van der Waals surface area (Å²) < 4.78 is 19.5. The van der Waals surface area contributed by atoms with Crippen molar-refractivity contribution in [3.05, 3.63) is 40.3 Å². The first-order valence-electron chi connectivity index (χ1n) is 8.57. The summed E-state index contributed by atoms with van der Waals surface area (Å²) >= 11 is 3.19. The molecule has 0 unspecified atom stereocenters. The van der Waals surface area contributed by atoms with E-state index in [1.54, 1.807) is 27.0 Å². The molecule has 0 bridgehead atoms. The highest BCUT2D eigenvalue weighted by molar-refractivity contribution is 9.10. The molecule has 0 aromatic heterocycles. The van der Waals surface area contributed by atoms with Crippen LogP contribution < -0.4 is 0 Å². The zero-order valence-corrected chi connectivity index (χ0v) is 17.0. The Balaban J connectivity index is 1.96. The van der Waals surface area contributed by atoms with Gasteiger partial charge in [-0.25, -0.2) is 9.18 Å². The number of likely N-dealkylation sites (tertiary alicyclic amines) is 1. The summed E-state index contributed by atoms with van der Waals surface area (Å²) in [5.41, 5.74) is 0.752. The molecule has 1 aromatic rings. The van der Waals surface area contributed by atoms with E-state index in [-0.39, 0.29) is 25.1 Å². The monoisotopic (exact) mass is 437 g/mol. The molecule has 6 nitrogen and oxygen atoms in total. The normalized spacial score (nSPS) is 19.9. The highest BCUT2D eigenvalue weighted by Gasteiger charge is 2.53. The number of benzene rings is 1. The van der Waals surface area contributed by atoms with Crippen molar-refractivity contribution in [3.63, 3.8) is 0 Å². The van der Waals surface area contributed by atoms with E-state index in [0.29, 0.717) is 22.3 Å². The van der Waals surface area contributed by atoms with Crippen LogP contribution >= 0.6 is 15.9 Å². The molecule has 2 heterocycles. The number of amides is 2. The molecule has 1 fully saturated rings. The van der Waals surface area contributed by atoms with Gasteiger partial charge in [0.15, 0.2) is 0 Å². The number of rotatable bonds is 1. The minimum Gasteiger partial charge on any atom is -0.447 e. The lowest BCUT2D eigenvalue weighted by Gasteiger charge is -2.49. The number of hydrogen-bond acceptors (Lipinski definition) is 4. The smallest absolute Gasteiger partial charge is 0.410 e. The summed E-state index contributed by atoms with van der Waals surface area (Å²) in [6.45, 7) is 7.87. The van der Waals surface area contributed by atoms with Crippen molar-refractivity contribution >= 4 is 39.8 Å². The lowest BCUT2D eigenvalue weighted by atomic mass is 9.73. The topological polar surface area (TPSA) is 62.2 Å². The Labute approximate surface area is 165 Å². The van der Waals surface area contributed by atoms with Crippen molar-refractivity contribution in [2.75, 3.05) is 20.1 Å². The first-order chi connectivity index (χ1) is 12.6. The largest absolute Gasteiger partial charge is 0.447 e. The third-order valence-electron chi connectivity index (χ3n) is 4.77. The maximum Gasteiger partial charge on any atom is 0.410 e. The van der Waals surface area contributed by atoms with Crippen molar-refractivity contribution < 1.29 is 18.7 Å². The third kappa shape index (κ3) is 3.63. The van der Waals surface area contributed by atoms with Crippen LogP contribution in [-0.2, 0) is 16.0 Å².